The van der Waals surface area contributed by atoms with Gasteiger partial charge in [0.05, 0.1) is 16.1 Å². The zero-order chi connectivity index (χ0) is 28.9. The van der Waals surface area contributed by atoms with E-state index in [2.05, 4.69) is 47.0 Å². The zero-order valence-electron chi connectivity index (χ0n) is 28.9. The van der Waals surface area contributed by atoms with Crippen molar-refractivity contribution in [1.29, 1.82) is 0 Å². The van der Waals surface area contributed by atoms with Crippen LogP contribution in [0.15, 0.2) is 0 Å². The first-order valence-corrected chi connectivity index (χ1v) is 26.0. The van der Waals surface area contributed by atoms with E-state index in [0.29, 0.717) is 0 Å². The first kappa shape index (κ1) is 31.4. The summed E-state index contributed by atoms with van der Waals surface area (Å²) in [4.78, 5) is 0. The predicted molar refractivity (Wildman–Crippen MR) is 186 cm³/mol. The molecular weight excluding hydrogens is 525 g/mol. The van der Waals surface area contributed by atoms with Crippen LogP contribution in [0.1, 0.15) is 143 Å². The van der Waals surface area contributed by atoms with Gasteiger partial charge in [0, 0.05) is 0 Å². The van der Waals surface area contributed by atoms with Crippen LogP contribution in [0.25, 0.3) is 0 Å². The summed E-state index contributed by atoms with van der Waals surface area (Å²) < 4.78 is 0. The summed E-state index contributed by atoms with van der Waals surface area (Å²) in [6.45, 7) is 19.2. The van der Waals surface area contributed by atoms with Gasteiger partial charge in [0.2, 0.25) is 0 Å². The molecule has 0 heterocycles. The van der Waals surface area contributed by atoms with Crippen molar-refractivity contribution in [3.63, 3.8) is 0 Å². The molecule has 0 aromatic heterocycles. The highest BCUT2D eigenvalue weighted by Gasteiger charge is 2.58. The fraction of sp³-hybridized carbons (Fsp3) is 1.00. The maximum absolute atomic E-state index is 2.90. The quantitative estimate of drug-likeness (QED) is 0.232. The topological polar surface area (TPSA) is 0 Å². The van der Waals surface area contributed by atoms with Crippen molar-refractivity contribution in [2.45, 2.75) is 191 Å². The average molecular weight is 597 g/mol. The summed E-state index contributed by atoms with van der Waals surface area (Å²) in [6.07, 6.45) is 30.0. The second-order valence-electron chi connectivity index (χ2n) is 18.7. The van der Waals surface area contributed by atoms with Gasteiger partial charge in [-0.1, -0.05) is 130 Å². The molecule has 13 unspecified atom stereocenters. The summed E-state index contributed by atoms with van der Waals surface area (Å²) in [7, 11) is -2.43. The molecule has 2 heteroatoms. The van der Waals surface area contributed by atoms with E-state index in [1.54, 1.807) is 96.3 Å². The third-order valence-corrected chi connectivity index (χ3v) is 26.9. The monoisotopic (exact) mass is 597 g/mol. The summed E-state index contributed by atoms with van der Waals surface area (Å²) in [5.41, 5.74) is 4.60. The van der Waals surface area contributed by atoms with Crippen molar-refractivity contribution in [2.24, 2.45) is 53.3 Å². The molecule has 0 aliphatic heterocycles. The molecular formula is C39H72Si2. The van der Waals surface area contributed by atoms with Crippen molar-refractivity contribution in [1.82, 2.24) is 0 Å². The van der Waals surface area contributed by atoms with Gasteiger partial charge in [-0.05, 0) is 114 Å². The third kappa shape index (κ3) is 5.81. The van der Waals surface area contributed by atoms with E-state index in [1.165, 1.54) is 31.2 Å². The first-order valence-electron chi connectivity index (χ1n) is 19.7. The lowest BCUT2D eigenvalue weighted by molar-refractivity contribution is 0.0431. The Balaban J connectivity index is 1.15. The van der Waals surface area contributed by atoms with Crippen LogP contribution in [-0.2, 0) is 0 Å². The van der Waals surface area contributed by atoms with Gasteiger partial charge in [-0.15, -0.1) is 0 Å². The molecule has 0 amide bonds. The van der Waals surface area contributed by atoms with E-state index >= 15 is 0 Å². The molecule has 0 aromatic rings. The van der Waals surface area contributed by atoms with Crippen LogP contribution in [0.5, 0.6) is 0 Å². The van der Waals surface area contributed by atoms with Gasteiger partial charge >= 0.3 is 0 Å². The Bertz CT molecular complexity index is 862. The minimum absolute atomic E-state index is 1.03. The lowest BCUT2D eigenvalue weighted by Gasteiger charge is -2.49. The highest BCUT2D eigenvalue weighted by atomic mass is 28.3. The molecule has 0 aromatic carbocycles. The Kier molecular flexibility index (Phi) is 9.71. The van der Waals surface area contributed by atoms with Gasteiger partial charge in [0.25, 0.3) is 0 Å². The highest BCUT2D eigenvalue weighted by Crippen LogP contribution is 2.66. The highest BCUT2D eigenvalue weighted by molar-refractivity contribution is 6.80. The van der Waals surface area contributed by atoms with Crippen LogP contribution in [0.2, 0.25) is 48.4 Å². The Hall–Kier alpha value is 0.434. The summed E-state index contributed by atoms with van der Waals surface area (Å²) in [5.74, 6) is 9.90. The van der Waals surface area contributed by atoms with Gasteiger partial charge in [-0.25, -0.2) is 0 Å². The number of hydrogen-bond donors (Lipinski definition) is 0. The van der Waals surface area contributed by atoms with E-state index in [1.807, 2.05) is 0 Å². The second kappa shape index (κ2) is 12.7. The summed E-state index contributed by atoms with van der Waals surface area (Å²) in [5, 5.41) is 0. The normalized spacial score (nSPS) is 47.0. The molecule has 6 aliphatic rings. The fourth-order valence-corrected chi connectivity index (χ4v) is 25.1. The molecule has 0 N–H and O–H groups in total. The Morgan fingerprint density at radius 1 is 0.488 bits per heavy atom. The van der Waals surface area contributed by atoms with E-state index in [9.17, 15) is 0 Å². The van der Waals surface area contributed by atoms with Crippen molar-refractivity contribution in [3.8, 4) is 0 Å². The molecule has 0 saturated heterocycles. The lowest BCUT2D eigenvalue weighted by Crippen LogP contribution is -2.45. The molecule has 6 aliphatic carbocycles. The van der Waals surface area contributed by atoms with Crippen LogP contribution < -0.4 is 0 Å². The predicted octanol–water partition coefficient (Wildman–Crippen LogP) is 13.0. The van der Waals surface area contributed by atoms with Crippen molar-refractivity contribution >= 4 is 16.1 Å². The van der Waals surface area contributed by atoms with Gasteiger partial charge < -0.3 is 0 Å². The van der Waals surface area contributed by atoms with E-state index in [-0.39, 0.29) is 0 Å². The molecule has 0 nitrogen and oxygen atoms in total. The second-order valence-corrected chi connectivity index (χ2v) is 29.1. The molecule has 6 saturated carbocycles. The van der Waals surface area contributed by atoms with E-state index < -0.39 is 16.1 Å². The van der Waals surface area contributed by atoms with E-state index in [4.69, 9.17) is 0 Å². The van der Waals surface area contributed by atoms with Crippen LogP contribution in [-0.4, -0.2) is 16.1 Å². The zero-order valence-corrected chi connectivity index (χ0v) is 30.9. The lowest BCUT2D eigenvalue weighted by atomic mass is 9.60. The molecule has 41 heavy (non-hydrogen) atoms. The molecule has 6 rings (SSSR count). The van der Waals surface area contributed by atoms with Gasteiger partial charge in [-0.3, -0.25) is 0 Å². The van der Waals surface area contributed by atoms with Gasteiger partial charge in [0.15, 0.2) is 0 Å². The largest absolute Gasteiger partial charge is 0.0689 e. The van der Waals surface area contributed by atoms with Gasteiger partial charge in [-0.2, -0.15) is 0 Å². The van der Waals surface area contributed by atoms with Crippen molar-refractivity contribution < 1.29 is 0 Å². The standard InChI is InChI=1S/C39H72Si2/c1-8-12-28-18-20-30(25-28)40(4,5)38-23-22-34-32(14-10-16-35(34)38)33-15-11-17-36-37(33)24-27(3)39(36)41(6,7)31-21-19-29(26-31)13-9-2/h27-39H,8-26H2,1-7H3. The molecule has 13 atom stereocenters. The molecule has 0 spiro atoms. The fourth-order valence-electron chi connectivity index (χ4n) is 14.7. The molecule has 0 bridgehead atoms. The number of fused-ring (bicyclic) bond motifs is 2. The Labute approximate surface area is 259 Å². The average Bonchev–Trinajstić information content (AvgIpc) is 3.73. The Morgan fingerprint density at radius 2 is 1.00 bits per heavy atom. The summed E-state index contributed by atoms with van der Waals surface area (Å²) in [6, 6.07) is 0. The molecule has 6 fully saturated rings. The van der Waals surface area contributed by atoms with Crippen LogP contribution in [0.4, 0.5) is 0 Å². The summed E-state index contributed by atoms with van der Waals surface area (Å²) >= 11 is 0. The first-order chi connectivity index (χ1) is 19.7. The van der Waals surface area contributed by atoms with Gasteiger partial charge in [0.1, 0.15) is 0 Å². The molecule has 236 valence electrons. The maximum atomic E-state index is 2.90. The third-order valence-electron chi connectivity index (χ3n) is 16.3. The van der Waals surface area contributed by atoms with Crippen LogP contribution in [0, 0.1) is 53.3 Å². The molecule has 0 radical (unpaired) electrons. The van der Waals surface area contributed by atoms with Crippen molar-refractivity contribution in [3.05, 3.63) is 0 Å². The SMILES string of the molecule is CCCC1CCC([Si](C)(C)C2CCC3C(C4CCCC5C4CC(C)C5[Si](C)(C)C4CCC(CCC)C4)CCCC32)C1. The van der Waals surface area contributed by atoms with Crippen LogP contribution in [0.3, 0.4) is 0 Å². The number of hydrogen-bond acceptors (Lipinski definition) is 0. The Morgan fingerprint density at radius 3 is 1.61 bits per heavy atom. The smallest absolute Gasteiger partial charge is 0.0541 e. The minimum atomic E-state index is -1.24. The number of rotatable bonds is 9. The maximum Gasteiger partial charge on any atom is 0.0541 e. The van der Waals surface area contributed by atoms with E-state index in [0.717, 1.165) is 69.9 Å². The van der Waals surface area contributed by atoms with Crippen LogP contribution >= 0.6 is 0 Å². The minimum Gasteiger partial charge on any atom is -0.0689 e. The van der Waals surface area contributed by atoms with Crippen molar-refractivity contribution in [2.75, 3.05) is 0 Å².